The van der Waals surface area contributed by atoms with Gasteiger partial charge in [0.2, 0.25) is 5.91 Å². The van der Waals surface area contributed by atoms with Crippen LogP contribution in [0.25, 0.3) is 0 Å². The van der Waals surface area contributed by atoms with E-state index < -0.39 is 5.54 Å². The van der Waals surface area contributed by atoms with Gasteiger partial charge in [0.1, 0.15) is 0 Å². The Hall–Kier alpha value is -2.73. The van der Waals surface area contributed by atoms with Gasteiger partial charge in [-0.1, -0.05) is 25.3 Å². The predicted molar refractivity (Wildman–Crippen MR) is 97.3 cm³/mol. The number of nitrogens with one attached hydrogen (secondary N) is 2. The third-order valence-corrected chi connectivity index (χ3v) is 4.52. The van der Waals surface area contributed by atoms with E-state index in [1.165, 1.54) is 0 Å². The van der Waals surface area contributed by atoms with Crippen molar-refractivity contribution in [3.8, 4) is 0 Å². The number of hydrogen-bond donors (Lipinski definition) is 3. The summed E-state index contributed by atoms with van der Waals surface area (Å²) in [6.07, 6.45) is 7.63. The van der Waals surface area contributed by atoms with E-state index in [9.17, 15) is 9.59 Å². The van der Waals surface area contributed by atoms with Gasteiger partial charge in [0.15, 0.2) is 0 Å². The first kappa shape index (κ1) is 17.1. The molecule has 6 heteroatoms. The van der Waals surface area contributed by atoms with Crippen LogP contribution in [0.15, 0.2) is 48.8 Å². The summed E-state index contributed by atoms with van der Waals surface area (Å²) in [7, 11) is 0. The number of aromatic nitrogens is 1. The molecule has 1 aliphatic carbocycles. The molecule has 0 spiro atoms. The van der Waals surface area contributed by atoms with E-state index in [-0.39, 0.29) is 11.8 Å². The van der Waals surface area contributed by atoms with Gasteiger partial charge in [-0.05, 0) is 43.2 Å². The molecule has 3 rings (SSSR count). The Labute approximate surface area is 146 Å². The molecular weight excluding hydrogens is 316 g/mol. The lowest BCUT2D eigenvalue weighted by Crippen LogP contribution is -2.52. The van der Waals surface area contributed by atoms with Gasteiger partial charge in [-0.15, -0.1) is 0 Å². The molecule has 130 valence electrons. The predicted octanol–water partition coefficient (Wildman–Crippen LogP) is 2.93. The molecule has 0 unspecified atom stereocenters. The van der Waals surface area contributed by atoms with Gasteiger partial charge in [-0.3, -0.25) is 14.6 Å². The van der Waals surface area contributed by atoms with Crippen LogP contribution < -0.4 is 16.4 Å². The highest BCUT2D eigenvalue weighted by atomic mass is 16.2. The highest BCUT2D eigenvalue weighted by Crippen LogP contribution is 2.27. The molecule has 25 heavy (non-hydrogen) atoms. The maximum atomic E-state index is 12.5. The van der Waals surface area contributed by atoms with Crippen molar-refractivity contribution in [3.63, 3.8) is 0 Å². The van der Waals surface area contributed by atoms with Gasteiger partial charge >= 0.3 is 0 Å². The van der Waals surface area contributed by atoms with Crippen LogP contribution in [0.5, 0.6) is 0 Å². The molecule has 1 aromatic carbocycles. The summed E-state index contributed by atoms with van der Waals surface area (Å²) in [6.45, 7) is 0. The van der Waals surface area contributed by atoms with Crippen molar-refractivity contribution in [2.45, 2.75) is 37.6 Å². The van der Waals surface area contributed by atoms with E-state index in [2.05, 4.69) is 15.6 Å². The zero-order valence-electron chi connectivity index (χ0n) is 14.0. The van der Waals surface area contributed by atoms with E-state index in [0.717, 1.165) is 19.3 Å². The number of rotatable bonds is 4. The fraction of sp³-hybridized carbons (Fsp3) is 0.316. The summed E-state index contributed by atoms with van der Waals surface area (Å²) in [5.41, 5.74) is 7.21. The van der Waals surface area contributed by atoms with Crippen molar-refractivity contribution in [3.05, 3.63) is 54.4 Å². The largest absolute Gasteiger partial charge is 0.324 e. The summed E-state index contributed by atoms with van der Waals surface area (Å²) in [4.78, 5) is 28.6. The number of pyridine rings is 1. The van der Waals surface area contributed by atoms with Crippen LogP contribution in [-0.4, -0.2) is 22.3 Å². The number of carbonyl (C=O) groups excluding carboxylic acids is 2. The Bertz CT molecular complexity index is 755. The average Bonchev–Trinajstić information content (AvgIpc) is 2.63. The Kier molecular flexibility index (Phi) is 5.09. The van der Waals surface area contributed by atoms with Gasteiger partial charge in [-0.2, -0.15) is 0 Å². The van der Waals surface area contributed by atoms with Crippen LogP contribution in [0, 0.1) is 0 Å². The van der Waals surface area contributed by atoms with Crippen LogP contribution in [0.3, 0.4) is 0 Å². The molecule has 6 nitrogen and oxygen atoms in total. The SMILES string of the molecule is NC1(C(=O)Nc2cccc(NC(=O)c3ccncc3)c2)CCCCC1. The van der Waals surface area contributed by atoms with E-state index in [0.29, 0.717) is 29.8 Å². The molecule has 4 N–H and O–H groups in total. The minimum Gasteiger partial charge on any atom is -0.324 e. The van der Waals surface area contributed by atoms with E-state index in [4.69, 9.17) is 5.73 Å². The van der Waals surface area contributed by atoms with Crippen molar-refractivity contribution in [1.82, 2.24) is 4.98 Å². The molecule has 1 aromatic heterocycles. The van der Waals surface area contributed by atoms with Crippen LogP contribution in [0.1, 0.15) is 42.5 Å². The molecule has 1 aliphatic rings. The van der Waals surface area contributed by atoms with Gasteiger partial charge in [0.05, 0.1) is 5.54 Å². The first-order chi connectivity index (χ1) is 12.1. The van der Waals surface area contributed by atoms with Gasteiger partial charge < -0.3 is 16.4 Å². The van der Waals surface area contributed by atoms with Crippen LogP contribution in [0.2, 0.25) is 0 Å². The molecule has 0 atom stereocenters. The maximum Gasteiger partial charge on any atom is 0.255 e. The zero-order chi connectivity index (χ0) is 17.7. The molecule has 1 fully saturated rings. The van der Waals surface area contributed by atoms with Crippen LogP contribution >= 0.6 is 0 Å². The monoisotopic (exact) mass is 338 g/mol. The number of hydrogen-bond acceptors (Lipinski definition) is 4. The Morgan fingerprint density at radius 2 is 1.60 bits per heavy atom. The third-order valence-electron chi connectivity index (χ3n) is 4.52. The number of amides is 2. The fourth-order valence-electron chi connectivity index (χ4n) is 3.05. The number of carbonyl (C=O) groups is 2. The van der Waals surface area contributed by atoms with Gasteiger partial charge in [0.25, 0.3) is 5.91 Å². The summed E-state index contributed by atoms with van der Waals surface area (Å²) in [5.74, 6) is -0.390. The average molecular weight is 338 g/mol. The second kappa shape index (κ2) is 7.44. The Morgan fingerprint density at radius 3 is 2.28 bits per heavy atom. The van der Waals surface area contributed by atoms with Gasteiger partial charge in [-0.25, -0.2) is 0 Å². The van der Waals surface area contributed by atoms with Crippen molar-refractivity contribution < 1.29 is 9.59 Å². The molecular formula is C19H22N4O2. The van der Waals surface area contributed by atoms with Crippen molar-refractivity contribution in [1.29, 1.82) is 0 Å². The Balaban J connectivity index is 1.67. The van der Waals surface area contributed by atoms with Crippen molar-refractivity contribution >= 4 is 23.2 Å². The summed E-state index contributed by atoms with van der Waals surface area (Å²) < 4.78 is 0. The van der Waals surface area contributed by atoms with Crippen LogP contribution in [-0.2, 0) is 4.79 Å². The van der Waals surface area contributed by atoms with Gasteiger partial charge in [0, 0.05) is 29.3 Å². The maximum absolute atomic E-state index is 12.5. The zero-order valence-corrected chi connectivity index (χ0v) is 14.0. The summed E-state index contributed by atoms with van der Waals surface area (Å²) in [6, 6.07) is 10.3. The highest BCUT2D eigenvalue weighted by molar-refractivity contribution is 6.04. The molecule has 1 saturated carbocycles. The summed E-state index contributed by atoms with van der Waals surface area (Å²) in [5, 5.41) is 5.69. The first-order valence-corrected chi connectivity index (χ1v) is 8.49. The minimum atomic E-state index is -0.797. The molecule has 2 amide bonds. The van der Waals surface area contributed by atoms with E-state index >= 15 is 0 Å². The standard InChI is InChI=1S/C19H22N4O2/c20-19(9-2-1-3-10-19)18(25)23-16-6-4-5-15(13-16)22-17(24)14-7-11-21-12-8-14/h4-8,11-13H,1-3,9-10,20H2,(H,22,24)(H,23,25). The smallest absolute Gasteiger partial charge is 0.255 e. The quantitative estimate of drug-likeness (QED) is 0.798. The second-order valence-electron chi connectivity index (χ2n) is 6.44. The van der Waals surface area contributed by atoms with Crippen molar-refractivity contribution in [2.75, 3.05) is 10.6 Å². The molecule has 0 saturated heterocycles. The lowest BCUT2D eigenvalue weighted by atomic mass is 9.82. The fourth-order valence-corrected chi connectivity index (χ4v) is 3.05. The van der Waals surface area contributed by atoms with Crippen molar-refractivity contribution in [2.24, 2.45) is 5.73 Å². The minimum absolute atomic E-state index is 0.162. The Morgan fingerprint density at radius 1 is 0.960 bits per heavy atom. The van der Waals surface area contributed by atoms with E-state index in [1.54, 1.807) is 48.8 Å². The first-order valence-electron chi connectivity index (χ1n) is 8.49. The lowest BCUT2D eigenvalue weighted by molar-refractivity contribution is -0.122. The number of benzene rings is 1. The molecule has 2 aromatic rings. The van der Waals surface area contributed by atoms with E-state index in [1.807, 2.05) is 0 Å². The normalized spacial score (nSPS) is 16.0. The molecule has 0 radical (unpaired) electrons. The lowest BCUT2D eigenvalue weighted by Gasteiger charge is -2.31. The molecule has 0 bridgehead atoms. The molecule has 0 aliphatic heterocycles. The number of nitrogens with zero attached hydrogens (tertiary/aromatic N) is 1. The second-order valence-corrected chi connectivity index (χ2v) is 6.44. The number of anilines is 2. The highest BCUT2D eigenvalue weighted by Gasteiger charge is 2.35. The third kappa shape index (κ3) is 4.22. The summed E-state index contributed by atoms with van der Waals surface area (Å²) >= 11 is 0. The number of nitrogens with two attached hydrogens (primary N) is 1. The van der Waals surface area contributed by atoms with Crippen LogP contribution in [0.4, 0.5) is 11.4 Å². The molecule has 1 heterocycles. The topological polar surface area (TPSA) is 97.1 Å².